The highest BCUT2D eigenvalue weighted by Gasteiger charge is 2.42. The summed E-state index contributed by atoms with van der Waals surface area (Å²) in [6.07, 6.45) is 1.09. The van der Waals surface area contributed by atoms with Crippen LogP contribution < -0.4 is 21.1 Å². The largest absolute Gasteiger partial charge is 0.368 e. The number of nitrogens with zero attached hydrogens (tertiary/aromatic N) is 2. The van der Waals surface area contributed by atoms with E-state index in [0.29, 0.717) is 12.0 Å². The van der Waals surface area contributed by atoms with Crippen LogP contribution in [0.15, 0.2) is 30.3 Å². The Labute approximate surface area is 149 Å². The second-order valence-electron chi connectivity index (χ2n) is 6.68. The van der Waals surface area contributed by atoms with Crippen LogP contribution in [0, 0.1) is 5.92 Å². The first-order chi connectivity index (χ1) is 11.3. The van der Waals surface area contributed by atoms with Gasteiger partial charge in [-0.3, -0.25) is 10.2 Å². The van der Waals surface area contributed by atoms with Gasteiger partial charge >= 0.3 is 0 Å². The zero-order valence-electron chi connectivity index (χ0n) is 13.8. The van der Waals surface area contributed by atoms with Crippen molar-refractivity contribution >= 4 is 24.0 Å². The van der Waals surface area contributed by atoms with Gasteiger partial charge in [-0.2, -0.15) is 0 Å². The van der Waals surface area contributed by atoms with Gasteiger partial charge in [-0.15, -0.1) is 12.4 Å². The van der Waals surface area contributed by atoms with E-state index in [1.54, 1.807) is 0 Å². The number of nitrogens with one attached hydrogen (secondary N) is 3. The highest BCUT2D eigenvalue weighted by molar-refractivity contribution is 5.85. The molecular formula is C17H26ClN5O. The van der Waals surface area contributed by atoms with Crippen molar-refractivity contribution in [2.24, 2.45) is 5.92 Å². The molecule has 3 aliphatic rings. The molecule has 3 atom stereocenters. The number of piperazine rings is 1. The molecule has 3 heterocycles. The van der Waals surface area contributed by atoms with Crippen molar-refractivity contribution in [3.05, 3.63) is 30.3 Å². The Hall–Kier alpha value is -1.34. The van der Waals surface area contributed by atoms with E-state index in [1.807, 2.05) is 11.0 Å². The lowest BCUT2D eigenvalue weighted by molar-refractivity contribution is -0.134. The van der Waals surface area contributed by atoms with Crippen molar-refractivity contribution in [3.63, 3.8) is 0 Å². The normalized spacial score (nSPS) is 29.8. The third-order valence-corrected chi connectivity index (χ3v) is 5.36. The number of fused-ring (bicyclic) bond motifs is 1. The zero-order chi connectivity index (χ0) is 15.6. The maximum atomic E-state index is 12.9. The van der Waals surface area contributed by atoms with Crippen LogP contribution in [0.5, 0.6) is 0 Å². The molecule has 4 rings (SSSR count). The predicted molar refractivity (Wildman–Crippen MR) is 97.3 cm³/mol. The molecule has 0 saturated carbocycles. The molecule has 3 N–H and O–H groups in total. The monoisotopic (exact) mass is 351 g/mol. The van der Waals surface area contributed by atoms with Crippen LogP contribution in [-0.4, -0.2) is 62.2 Å². The number of para-hydroxylation sites is 1. The first kappa shape index (κ1) is 17.5. The number of hydrazine groups is 1. The second kappa shape index (κ2) is 7.70. The number of hydrogen-bond donors (Lipinski definition) is 3. The summed E-state index contributed by atoms with van der Waals surface area (Å²) >= 11 is 0. The number of anilines is 1. The summed E-state index contributed by atoms with van der Waals surface area (Å²) in [5.41, 5.74) is 7.81. The fraction of sp³-hybridized carbons (Fsp3) is 0.588. The summed E-state index contributed by atoms with van der Waals surface area (Å²) in [7, 11) is 0. The molecule has 7 heteroatoms. The van der Waals surface area contributed by atoms with Crippen LogP contribution in [-0.2, 0) is 4.79 Å². The summed E-state index contributed by atoms with van der Waals surface area (Å²) in [6.45, 7) is 5.37. The maximum absolute atomic E-state index is 12.9. The lowest BCUT2D eigenvalue weighted by atomic mass is 9.89. The lowest BCUT2D eigenvalue weighted by Crippen LogP contribution is -2.56. The topological polar surface area (TPSA) is 59.6 Å². The van der Waals surface area contributed by atoms with Crippen molar-refractivity contribution in [2.75, 3.05) is 44.2 Å². The van der Waals surface area contributed by atoms with Crippen molar-refractivity contribution < 1.29 is 4.79 Å². The van der Waals surface area contributed by atoms with E-state index in [2.05, 4.69) is 45.3 Å². The minimum Gasteiger partial charge on any atom is -0.368 e. The molecule has 3 unspecified atom stereocenters. The molecule has 3 saturated heterocycles. The van der Waals surface area contributed by atoms with Crippen molar-refractivity contribution in [3.8, 4) is 0 Å². The molecule has 0 radical (unpaired) electrons. The molecule has 0 bridgehead atoms. The van der Waals surface area contributed by atoms with Crippen LogP contribution >= 0.6 is 12.4 Å². The first-order valence-corrected chi connectivity index (χ1v) is 8.63. The summed E-state index contributed by atoms with van der Waals surface area (Å²) in [5.74, 6) is 0.616. The Bertz CT molecular complexity index is 549. The predicted octanol–water partition coefficient (Wildman–Crippen LogP) is 0.212. The Morgan fingerprint density at radius 2 is 1.79 bits per heavy atom. The Morgan fingerprint density at radius 1 is 1.04 bits per heavy atom. The Kier molecular flexibility index (Phi) is 5.61. The number of amides is 1. The second-order valence-corrected chi connectivity index (χ2v) is 6.68. The SMILES string of the molecule is Cl.O=C(C1NNC2CCNCC21)N1CCN(c2ccccc2)CC1. The van der Waals surface area contributed by atoms with Gasteiger partial charge in [-0.25, -0.2) is 5.43 Å². The molecule has 1 amide bonds. The third-order valence-electron chi connectivity index (χ3n) is 5.36. The third kappa shape index (κ3) is 3.37. The van der Waals surface area contributed by atoms with E-state index in [-0.39, 0.29) is 24.4 Å². The van der Waals surface area contributed by atoms with Crippen LogP contribution in [0.4, 0.5) is 5.69 Å². The van der Waals surface area contributed by atoms with Crippen LogP contribution in [0.1, 0.15) is 6.42 Å². The van der Waals surface area contributed by atoms with E-state index in [9.17, 15) is 4.79 Å². The van der Waals surface area contributed by atoms with Crippen molar-refractivity contribution in [1.29, 1.82) is 0 Å². The van der Waals surface area contributed by atoms with Crippen LogP contribution in [0.2, 0.25) is 0 Å². The fourth-order valence-corrected chi connectivity index (χ4v) is 3.98. The number of hydrogen-bond acceptors (Lipinski definition) is 5. The summed E-state index contributed by atoms with van der Waals surface area (Å²) in [6, 6.07) is 10.8. The molecule has 6 nitrogen and oxygen atoms in total. The van der Waals surface area contributed by atoms with Gasteiger partial charge in [-0.1, -0.05) is 18.2 Å². The Morgan fingerprint density at radius 3 is 2.54 bits per heavy atom. The molecule has 0 aromatic heterocycles. The number of carbonyl (C=O) groups excluding carboxylic acids is 1. The van der Waals surface area contributed by atoms with Gasteiger partial charge < -0.3 is 15.1 Å². The fourth-order valence-electron chi connectivity index (χ4n) is 3.98. The van der Waals surface area contributed by atoms with Crippen LogP contribution in [0.3, 0.4) is 0 Å². The average molecular weight is 352 g/mol. The first-order valence-electron chi connectivity index (χ1n) is 8.63. The van der Waals surface area contributed by atoms with Gasteiger partial charge in [0, 0.05) is 50.4 Å². The van der Waals surface area contributed by atoms with E-state index >= 15 is 0 Å². The zero-order valence-corrected chi connectivity index (χ0v) is 14.6. The number of benzene rings is 1. The van der Waals surface area contributed by atoms with Crippen LogP contribution in [0.25, 0.3) is 0 Å². The highest BCUT2D eigenvalue weighted by atomic mass is 35.5. The van der Waals surface area contributed by atoms with Crippen molar-refractivity contribution in [2.45, 2.75) is 18.5 Å². The standard InChI is InChI=1S/C17H25N5O.ClH/c23-17(16-14-12-18-7-6-15(14)19-20-16)22-10-8-21(9-11-22)13-4-2-1-3-5-13;/h1-5,14-16,18-20H,6-12H2;1H. The van der Waals surface area contributed by atoms with Gasteiger partial charge in [0.25, 0.3) is 0 Å². The summed E-state index contributed by atoms with van der Waals surface area (Å²) in [4.78, 5) is 17.3. The molecular weight excluding hydrogens is 326 g/mol. The lowest BCUT2D eigenvalue weighted by Gasteiger charge is -2.38. The van der Waals surface area contributed by atoms with Gasteiger partial charge in [-0.05, 0) is 25.1 Å². The van der Waals surface area contributed by atoms with Gasteiger partial charge in [0.05, 0.1) is 0 Å². The van der Waals surface area contributed by atoms with Gasteiger partial charge in [0.2, 0.25) is 5.91 Å². The smallest absolute Gasteiger partial charge is 0.241 e. The molecule has 132 valence electrons. The van der Waals surface area contributed by atoms with E-state index in [0.717, 1.165) is 45.7 Å². The summed E-state index contributed by atoms with van der Waals surface area (Å²) in [5, 5.41) is 3.41. The number of rotatable bonds is 2. The van der Waals surface area contributed by atoms with Gasteiger partial charge in [0.1, 0.15) is 6.04 Å². The number of carbonyl (C=O) groups is 1. The average Bonchev–Trinajstić information content (AvgIpc) is 3.06. The van der Waals surface area contributed by atoms with Gasteiger partial charge in [0.15, 0.2) is 0 Å². The molecule has 3 fully saturated rings. The summed E-state index contributed by atoms with van der Waals surface area (Å²) < 4.78 is 0. The van der Waals surface area contributed by atoms with E-state index in [4.69, 9.17) is 0 Å². The van der Waals surface area contributed by atoms with E-state index in [1.165, 1.54) is 5.69 Å². The maximum Gasteiger partial charge on any atom is 0.241 e. The van der Waals surface area contributed by atoms with Crippen molar-refractivity contribution in [1.82, 2.24) is 21.1 Å². The minimum absolute atomic E-state index is 0. The molecule has 0 aliphatic carbocycles. The molecule has 0 spiro atoms. The number of halogens is 1. The van der Waals surface area contributed by atoms with E-state index < -0.39 is 0 Å². The quantitative estimate of drug-likeness (QED) is 0.711. The highest BCUT2D eigenvalue weighted by Crippen LogP contribution is 2.22. The molecule has 3 aliphatic heterocycles. The molecule has 24 heavy (non-hydrogen) atoms. The molecule has 1 aromatic carbocycles. The molecule has 1 aromatic rings. The Balaban J connectivity index is 0.00000169. The minimum atomic E-state index is -0.0870. The number of piperidine rings is 1.